The first-order valence-corrected chi connectivity index (χ1v) is 12.8. The Labute approximate surface area is 165 Å². The van der Waals surface area contributed by atoms with Crippen molar-refractivity contribution in [1.29, 1.82) is 0 Å². The highest BCUT2D eigenvalue weighted by Gasteiger charge is 2.53. The lowest BCUT2D eigenvalue weighted by atomic mass is 9.93. The Morgan fingerprint density at radius 2 is 1.72 bits per heavy atom. The summed E-state index contributed by atoms with van der Waals surface area (Å²) in [5.41, 5.74) is 0.0868. The van der Waals surface area contributed by atoms with E-state index in [4.69, 9.17) is 44.0 Å². The molecule has 8 heteroatoms. The maximum atomic E-state index is 12.3. The van der Waals surface area contributed by atoms with Crippen LogP contribution in [0.15, 0.2) is 30.3 Å². The van der Waals surface area contributed by atoms with Crippen LogP contribution in [-0.4, -0.2) is 41.8 Å². The number of amides is 1. The van der Waals surface area contributed by atoms with Gasteiger partial charge in [0, 0.05) is 13.1 Å². The van der Waals surface area contributed by atoms with E-state index in [9.17, 15) is 4.79 Å². The molecule has 0 spiro atoms. The summed E-state index contributed by atoms with van der Waals surface area (Å²) in [4.78, 5) is 13.9. The van der Waals surface area contributed by atoms with Crippen molar-refractivity contribution in [3.63, 3.8) is 0 Å². The highest BCUT2D eigenvalue weighted by Crippen LogP contribution is 2.48. The molecule has 4 nitrogen and oxygen atoms in total. The smallest absolute Gasteiger partial charge is 0.410 e. The Balaban J connectivity index is 1.95. The highest BCUT2D eigenvalue weighted by atomic mass is 35.6. The molecular weight excluding hydrogens is 401 g/mol. The first kappa shape index (κ1) is 20.8. The fourth-order valence-electron chi connectivity index (χ4n) is 2.89. The van der Waals surface area contributed by atoms with Gasteiger partial charge in [-0.15, -0.1) is 0 Å². The van der Waals surface area contributed by atoms with Crippen LogP contribution in [0.2, 0.25) is 19.6 Å². The number of hydrogen-bond donors (Lipinski definition) is 0. The molecule has 1 aliphatic rings. The van der Waals surface area contributed by atoms with Crippen molar-refractivity contribution in [3.05, 3.63) is 35.9 Å². The third-order valence-corrected chi connectivity index (χ3v) is 6.09. The number of rotatable bonds is 4. The molecule has 0 saturated carbocycles. The van der Waals surface area contributed by atoms with Gasteiger partial charge in [0.1, 0.15) is 12.2 Å². The molecule has 1 aromatic carbocycles. The SMILES string of the molecule is C[Si](C)(C)OC1(C(Cl)(Cl)Cl)CCN(C(=O)OCc2ccccc2)CC1. The van der Waals surface area contributed by atoms with Gasteiger partial charge in [-0.25, -0.2) is 4.79 Å². The zero-order valence-corrected chi connectivity index (χ0v) is 18.0. The fraction of sp³-hybridized carbons (Fsp3) is 0.588. The first-order chi connectivity index (χ1) is 11.5. The van der Waals surface area contributed by atoms with Gasteiger partial charge in [0.15, 0.2) is 8.32 Å². The molecule has 2 rings (SSSR count). The van der Waals surface area contributed by atoms with E-state index in [0.717, 1.165) is 5.56 Å². The second kappa shape index (κ2) is 8.05. The van der Waals surface area contributed by atoms with Crippen LogP contribution in [0, 0.1) is 0 Å². The Hall–Kier alpha value is -0.463. The maximum absolute atomic E-state index is 12.3. The van der Waals surface area contributed by atoms with Crippen molar-refractivity contribution >= 4 is 49.2 Å². The van der Waals surface area contributed by atoms with E-state index in [1.807, 2.05) is 30.3 Å². The monoisotopic (exact) mass is 423 g/mol. The summed E-state index contributed by atoms with van der Waals surface area (Å²) in [7, 11) is -1.92. The molecule has 0 radical (unpaired) electrons. The second-order valence-electron chi connectivity index (χ2n) is 7.23. The Morgan fingerprint density at radius 1 is 1.16 bits per heavy atom. The summed E-state index contributed by atoms with van der Waals surface area (Å²) >= 11 is 18.7. The molecule has 140 valence electrons. The van der Waals surface area contributed by atoms with Crippen molar-refractivity contribution in [3.8, 4) is 0 Å². The second-order valence-corrected chi connectivity index (χ2v) is 13.9. The molecule has 1 aromatic rings. The molecule has 0 bridgehead atoms. The van der Waals surface area contributed by atoms with Crippen molar-refractivity contribution in [2.24, 2.45) is 0 Å². The van der Waals surface area contributed by atoms with E-state index in [1.54, 1.807) is 4.90 Å². The van der Waals surface area contributed by atoms with Gasteiger partial charge in [-0.2, -0.15) is 0 Å². The van der Waals surface area contributed by atoms with Crippen LogP contribution in [0.1, 0.15) is 18.4 Å². The van der Waals surface area contributed by atoms with E-state index in [-0.39, 0.29) is 12.7 Å². The molecule has 1 heterocycles. The number of ether oxygens (including phenoxy) is 1. The minimum atomic E-state index is -1.92. The number of benzene rings is 1. The standard InChI is InChI=1S/C17H24Cl3NO3Si/c1-25(2,3)24-16(17(18,19)20)9-11-21(12-10-16)15(22)23-13-14-7-5-4-6-8-14/h4-8H,9-13H2,1-3H3. The minimum Gasteiger partial charge on any atom is -0.445 e. The van der Waals surface area contributed by atoms with Crippen molar-refractivity contribution in [2.75, 3.05) is 13.1 Å². The molecule has 0 aliphatic carbocycles. The lowest BCUT2D eigenvalue weighted by Gasteiger charge is -2.48. The van der Waals surface area contributed by atoms with Gasteiger partial charge >= 0.3 is 6.09 Å². The summed E-state index contributed by atoms with van der Waals surface area (Å²) in [6.07, 6.45) is 0.581. The largest absolute Gasteiger partial charge is 0.445 e. The van der Waals surface area contributed by atoms with Crippen molar-refractivity contribution in [1.82, 2.24) is 4.90 Å². The van der Waals surface area contributed by atoms with E-state index in [2.05, 4.69) is 19.6 Å². The summed E-state index contributed by atoms with van der Waals surface area (Å²) in [6.45, 7) is 7.30. The van der Waals surface area contributed by atoms with Crippen LogP contribution >= 0.6 is 34.8 Å². The van der Waals surface area contributed by atoms with Crippen molar-refractivity contribution in [2.45, 2.75) is 48.5 Å². The van der Waals surface area contributed by atoms with Gasteiger partial charge in [-0.3, -0.25) is 0 Å². The molecule has 1 aliphatic heterocycles. The van der Waals surface area contributed by atoms with Crippen LogP contribution in [0.25, 0.3) is 0 Å². The van der Waals surface area contributed by atoms with E-state index in [1.165, 1.54) is 0 Å². The van der Waals surface area contributed by atoms with Crippen molar-refractivity contribution < 1.29 is 14.0 Å². The minimum absolute atomic E-state index is 0.247. The molecule has 0 unspecified atom stereocenters. The fourth-order valence-corrected chi connectivity index (χ4v) is 5.30. The number of alkyl halides is 3. The Kier molecular flexibility index (Phi) is 6.71. The topological polar surface area (TPSA) is 38.8 Å². The van der Waals surface area contributed by atoms with Crippen LogP contribution < -0.4 is 0 Å². The first-order valence-electron chi connectivity index (χ1n) is 8.25. The molecule has 25 heavy (non-hydrogen) atoms. The third-order valence-electron chi connectivity index (χ3n) is 4.05. The van der Waals surface area contributed by atoms with Gasteiger partial charge in [-0.1, -0.05) is 65.1 Å². The quantitative estimate of drug-likeness (QED) is 0.481. The van der Waals surface area contributed by atoms with Gasteiger partial charge in [-0.05, 0) is 38.0 Å². The van der Waals surface area contributed by atoms with Crippen LogP contribution in [0.5, 0.6) is 0 Å². The number of hydrogen-bond acceptors (Lipinski definition) is 3. The normalized spacial score (nSPS) is 18.1. The average molecular weight is 425 g/mol. The van der Waals surface area contributed by atoms with Crippen LogP contribution in [-0.2, 0) is 15.8 Å². The molecular formula is C17H24Cl3NO3Si. The van der Waals surface area contributed by atoms with Gasteiger partial charge in [0.05, 0.1) is 0 Å². The number of halogens is 3. The number of likely N-dealkylation sites (tertiary alicyclic amines) is 1. The number of nitrogens with zero attached hydrogens (tertiary/aromatic N) is 1. The van der Waals surface area contributed by atoms with Gasteiger partial charge < -0.3 is 14.1 Å². The number of carbonyl (C=O) groups is 1. The molecule has 1 saturated heterocycles. The molecule has 1 amide bonds. The summed E-state index contributed by atoms with van der Waals surface area (Å²) in [5.74, 6) is 0. The molecule has 0 atom stereocenters. The summed E-state index contributed by atoms with van der Waals surface area (Å²) in [6, 6.07) is 9.57. The highest BCUT2D eigenvalue weighted by molar-refractivity contribution is 6.71. The maximum Gasteiger partial charge on any atom is 0.410 e. The zero-order valence-electron chi connectivity index (χ0n) is 14.7. The summed E-state index contributed by atoms with van der Waals surface area (Å²) < 4.78 is 10.1. The Morgan fingerprint density at radius 3 is 2.20 bits per heavy atom. The third kappa shape index (κ3) is 5.76. The summed E-state index contributed by atoms with van der Waals surface area (Å²) in [5, 5.41) is 0. The number of piperidine rings is 1. The number of carbonyl (C=O) groups excluding carboxylic acids is 1. The Bertz CT molecular complexity index is 579. The zero-order chi connectivity index (χ0) is 18.7. The lowest BCUT2D eigenvalue weighted by molar-refractivity contribution is -0.00404. The van der Waals surface area contributed by atoms with Gasteiger partial charge in [0.25, 0.3) is 0 Å². The lowest BCUT2D eigenvalue weighted by Crippen LogP contribution is -2.58. The van der Waals surface area contributed by atoms with E-state index < -0.39 is 17.7 Å². The molecule has 0 N–H and O–H groups in total. The van der Waals surface area contributed by atoms with E-state index in [0.29, 0.717) is 25.9 Å². The van der Waals surface area contributed by atoms with Gasteiger partial charge in [0.2, 0.25) is 3.79 Å². The molecule has 1 fully saturated rings. The molecule has 0 aromatic heterocycles. The predicted octanol–water partition coefficient (Wildman–Crippen LogP) is 5.38. The van der Waals surface area contributed by atoms with E-state index >= 15 is 0 Å². The predicted molar refractivity (Wildman–Crippen MR) is 105 cm³/mol. The van der Waals surface area contributed by atoms with Crippen LogP contribution in [0.4, 0.5) is 4.79 Å². The average Bonchev–Trinajstić information content (AvgIpc) is 2.52. The van der Waals surface area contributed by atoms with Crippen LogP contribution in [0.3, 0.4) is 0 Å².